The van der Waals surface area contributed by atoms with Crippen molar-refractivity contribution in [2.75, 3.05) is 46.7 Å². The van der Waals surface area contributed by atoms with E-state index in [2.05, 4.69) is 81.2 Å². The zero-order valence-electron chi connectivity index (χ0n) is 10.5. The van der Waals surface area contributed by atoms with Crippen LogP contribution in [0.3, 0.4) is 0 Å². The van der Waals surface area contributed by atoms with Crippen molar-refractivity contribution in [3.8, 4) is 0 Å². The van der Waals surface area contributed by atoms with Crippen LogP contribution in [0.4, 0.5) is 0 Å². The van der Waals surface area contributed by atoms with Crippen molar-refractivity contribution in [1.82, 2.24) is 9.36 Å². The molecule has 14 heavy (non-hydrogen) atoms. The topological polar surface area (TPSA) is 9.72 Å². The molecule has 0 aliphatic carbocycles. The van der Waals surface area contributed by atoms with Crippen LogP contribution < -0.4 is 0 Å². The monoisotopic (exact) mass is 421 g/mol. The van der Waals surface area contributed by atoms with Gasteiger partial charge in [-0.3, -0.25) is 0 Å². The molecule has 0 fully saturated rings. The maximum absolute atomic E-state index is 2.51. The van der Waals surface area contributed by atoms with Crippen molar-refractivity contribution in [2.45, 2.75) is 10.9 Å². The second-order valence-electron chi connectivity index (χ2n) is 4.43. The molecule has 0 saturated heterocycles. The number of hydrogen-bond donors (Lipinski definition) is 0. The van der Waals surface area contributed by atoms with E-state index >= 15 is 0 Å². The van der Waals surface area contributed by atoms with Crippen molar-refractivity contribution in [2.24, 2.45) is 0 Å². The fraction of sp³-hybridized carbons (Fsp3) is 1.00. The summed E-state index contributed by atoms with van der Waals surface area (Å²) in [6, 6.07) is 0. The minimum atomic E-state index is -2.48. The van der Waals surface area contributed by atoms with E-state index in [0.717, 1.165) is 3.93 Å². The Hall–Kier alpha value is 1.41. The molecule has 0 bridgehead atoms. The Balaban J connectivity index is 5.16. The quantitative estimate of drug-likeness (QED) is 0.379. The van der Waals surface area contributed by atoms with Crippen molar-refractivity contribution in [3.63, 3.8) is 0 Å². The fourth-order valence-corrected chi connectivity index (χ4v) is 21.6. The van der Waals surface area contributed by atoms with E-state index in [9.17, 15) is 0 Å². The summed E-state index contributed by atoms with van der Waals surface area (Å²) in [6.07, 6.45) is 0. The summed E-state index contributed by atoms with van der Waals surface area (Å²) in [4.78, 5) is 0. The molecule has 1 unspecified atom stereocenters. The summed E-state index contributed by atoms with van der Waals surface area (Å²) in [5.74, 6) is 0. The molecule has 0 rings (SSSR count). The van der Waals surface area contributed by atoms with Gasteiger partial charge in [0.25, 0.3) is 0 Å². The van der Waals surface area contributed by atoms with Gasteiger partial charge in [0, 0.05) is 0 Å². The number of alkyl halides is 1. The zero-order chi connectivity index (χ0) is 11.5. The number of nitrogens with zero attached hydrogens (tertiary/aromatic N) is 3. The summed E-state index contributed by atoms with van der Waals surface area (Å²) in [5.41, 5.74) is 0. The third-order valence-corrected chi connectivity index (χ3v) is 22.2. The summed E-state index contributed by atoms with van der Waals surface area (Å²) in [7, 11) is 13.4. The molecule has 0 saturated carbocycles. The van der Waals surface area contributed by atoms with Gasteiger partial charge in [-0.25, -0.2) is 0 Å². The Morgan fingerprint density at radius 2 is 1.21 bits per heavy atom. The van der Waals surface area contributed by atoms with Crippen LogP contribution in [0.15, 0.2) is 0 Å². The van der Waals surface area contributed by atoms with E-state index in [0.29, 0.717) is 0 Å². The SMILES string of the molecule is C[CH](CI)[Sn]([N](C)C)([N](C)C)[N](C)C. The fourth-order valence-electron chi connectivity index (χ4n) is 2.63. The molecular weight excluding hydrogens is 396 g/mol. The van der Waals surface area contributed by atoms with Crippen LogP contribution in [-0.2, 0) is 0 Å². The van der Waals surface area contributed by atoms with Gasteiger partial charge in [0.1, 0.15) is 0 Å². The molecule has 0 N–H and O–H groups in total. The first-order chi connectivity index (χ1) is 6.31. The zero-order valence-corrected chi connectivity index (χ0v) is 15.5. The summed E-state index contributed by atoms with van der Waals surface area (Å²) in [6.45, 7) is 2.39. The molecule has 5 heteroatoms. The van der Waals surface area contributed by atoms with E-state index in [1.165, 1.54) is 4.43 Å². The molecule has 0 aliphatic heterocycles. The molecule has 1 atom stereocenters. The van der Waals surface area contributed by atoms with Crippen molar-refractivity contribution in [1.29, 1.82) is 0 Å². The molecule has 0 spiro atoms. The van der Waals surface area contributed by atoms with Crippen LogP contribution in [0, 0.1) is 0 Å². The van der Waals surface area contributed by atoms with Crippen LogP contribution >= 0.6 is 22.6 Å². The van der Waals surface area contributed by atoms with Gasteiger partial charge in [-0.05, 0) is 0 Å². The first-order valence-electron chi connectivity index (χ1n) is 4.90. The Morgan fingerprint density at radius 3 is 1.29 bits per heavy atom. The van der Waals surface area contributed by atoms with Gasteiger partial charge in [-0.1, -0.05) is 0 Å². The van der Waals surface area contributed by atoms with Crippen LogP contribution in [-0.4, -0.2) is 75.3 Å². The van der Waals surface area contributed by atoms with Gasteiger partial charge in [-0.2, -0.15) is 0 Å². The molecule has 86 valence electrons. The third-order valence-electron chi connectivity index (χ3n) is 2.87. The van der Waals surface area contributed by atoms with Crippen molar-refractivity contribution in [3.05, 3.63) is 0 Å². The maximum atomic E-state index is 2.51. The number of hydrogen-bond acceptors (Lipinski definition) is 3. The summed E-state index contributed by atoms with van der Waals surface area (Å²) >= 11 is 0.0332. The normalized spacial score (nSPS) is 15.6. The predicted molar refractivity (Wildman–Crippen MR) is 75.1 cm³/mol. The first kappa shape index (κ1) is 15.4. The number of halogens is 1. The van der Waals surface area contributed by atoms with Gasteiger partial charge in [0.05, 0.1) is 0 Å². The average Bonchev–Trinajstić information content (AvgIpc) is 2.02. The van der Waals surface area contributed by atoms with E-state index in [-0.39, 0.29) is 0 Å². The third kappa shape index (κ3) is 2.75. The van der Waals surface area contributed by atoms with Crippen LogP contribution in [0.1, 0.15) is 6.92 Å². The Labute approximate surface area is 108 Å². The standard InChI is InChI=1S/C3H6I.3C2H6N.Sn/c1-2-3-4;3*1-3-2;/h2H,3H2,1H3;3*1-2H3;/q;3*-1;+3. The van der Waals surface area contributed by atoms with Crippen molar-refractivity contribution < 1.29 is 0 Å². The van der Waals surface area contributed by atoms with Crippen LogP contribution in [0.2, 0.25) is 3.93 Å². The molecule has 0 aromatic heterocycles. The molecule has 0 heterocycles. The van der Waals surface area contributed by atoms with E-state index in [1.54, 1.807) is 0 Å². The van der Waals surface area contributed by atoms with Gasteiger partial charge in [0.2, 0.25) is 0 Å². The molecule has 0 amide bonds. The molecule has 0 radical (unpaired) electrons. The van der Waals surface area contributed by atoms with Crippen LogP contribution in [0.5, 0.6) is 0 Å². The second kappa shape index (κ2) is 6.22. The van der Waals surface area contributed by atoms with E-state index in [1.807, 2.05) is 0 Å². The Kier molecular flexibility index (Phi) is 6.85. The predicted octanol–water partition coefficient (Wildman–Crippen LogP) is 1.44. The summed E-state index contributed by atoms with van der Waals surface area (Å²) in [5, 5.41) is 0. The van der Waals surface area contributed by atoms with Crippen LogP contribution in [0.25, 0.3) is 0 Å². The van der Waals surface area contributed by atoms with Gasteiger partial charge in [-0.15, -0.1) is 0 Å². The molecule has 0 aromatic rings. The molecule has 3 nitrogen and oxygen atoms in total. The average molecular weight is 420 g/mol. The van der Waals surface area contributed by atoms with Gasteiger partial charge < -0.3 is 0 Å². The Bertz CT molecular complexity index is 152. The molecule has 0 aromatic carbocycles. The molecule has 0 aliphatic rings. The second-order valence-corrected chi connectivity index (χ2v) is 19.7. The summed E-state index contributed by atoms with van der Waals surface area (Å²) < 4.78 is 9.53. The van der Waals surface area contributed by atoms with Gasteiger partial charge in [0.15, 0.2) is 0 Å². The van der Waals surface area contributed by atoms with Crippen molar-refractivity contribution >= 4 is 41.8 Å². The Morgan fingerprint density at radius 1 is 0.929 bits per heavy atom. The first-order valence-corrected chi connectivity index (χ1v) is 11.9. The van der Waals surface area contributed by atoms with E-state index in [4.69, 9.17) is 0 Å². The van der Waals surface area contributed by atoms with E-state index < -0.39 is 19.2 Å². The minimum absolute atomic E-state index is 0.796. The number of rotatable bonds is 5. The van der Waals surface area contributed by atoms with Gasteiger partial charge >= 0.3 is 109 Å². The molecular formula is C9H24IN3Sn.